The Morgan fingerprint density at radius 2 is 2.12 bits per heavy atom. The monoisotopic (exact) mass is 374 g/mol. The zero-order chi connectivity index (χ0) is 18.5. The Balaban J connectivity index is 2.05. The summed E-state index contributed by atoms with van der Waals surface area (Å²) in [4.78, 5) is 15.1. The van der Waals surface area contributed by atoms with Crippen LogP contribution in [0.25, 0.3) is 10.9 Å². The number of nitrogens with one attached hydrogen (secondary N) is 1. The fourth-order valence-electron chi connectivity index (χ4n) is 2.67. The quantitative estimate of drug-likeness (QED) is 0.577. The average molecular weight is 375 g/mol. The van der Waals surface area contributed by atoms with Crippen LogP contribution in [-0.2, 0) is 11.3 Å². The summed E-state index contributed by atoms with van der Waals surface area (Å²) in [6.07, 6.45) is 0.529. The predicted molar refractivity (Wildman–Crippen MR) is 100 cm³/mol. The molecule has 2 aromatic heterocycles. The highest BCUT2D eigenvalue weighted by Crippen LogP contribution is 2.34. The summed E-state index contributed by atoms with van der Waals surface area (Å²) in [5.41, 5.74) is 1.62. The van der Waals surface area contributed by atoms with E-state index in [2.05, 4.69) is 15.4 Å². The number of para-hydroxylation sites is 1. The van der Waals surface area contributed by atoms with Crippen LogP contribution in [0.1, 0.15) is 19.8 Å². The molecule has 7 nitrogen and oxygen atoms in total. The first-order valence-electron chi connectivity index (χ1n) is 8.32. The van der Waals surface area contributed by atoms with E-state index in [1.165, 1.54) is 0 Å². The van der Waals surface area contributed by atoms with Crippen LogP contribution in [0.3, 0.4) is 0 Å². The van der Waals surface area contributed by atoms with E-state index in [4.69, 9.17) is 21.4 Å². The van der Waals surface area contributed by atoms with Gasteiger partial charge in [0, 0.05) is 24.7 Å². The molecule has 0 spiro atoms. The van der Waals surface area contributed by atoms with Gasteiger partial charge in [-0.3, -0.25) is 9.48 Å². The molecule has 2 N–H and O–H groups in total. The number of halogens is 1. The molecule has 2 heterocycles. The number of carbonyl (C=O) groups is 1. The molecule has 1 aromatic carbocycles. The van der Waals surface area contributed by atoms with Crippen molar-refractivity contribution in [2.75, 3.05) is 11.9 Å². The minimum absolute atomic E-state index is 0.0694. The molecule has 0 aliphatic carbocycles. The molecule has 0 radical (unpaired) electrons. The molecule has 136 valence electrons. The van der Waals surface area contributed by atoms with E-state index in [-0.39, 0.29) is 6.42 Å². The second kappa shape index (κ2) is 8.05. The first-order chi connectivity index (χ1) is 12.6. The number of anilines is 2. The number of ether oxygens (including phenoxy) is 1. The lowest BCUT2D eigenvalue weighted by atomic mass is 10.2. The summed E-state index contributed by atoms with van der Waals surface area (Å²) in [5.74, 6) is 0.158. The zero-order valence-corrected chi connectivity index (χ0v) is 15.0. The number of hydrogen-bond donors (Lipinski definition) is 2. The van der Waals surface area contributed by atoms with Crippen LogP contribution in [-0.4, -0.2) is 32.4 Å². The van der Waals surface area contributed by atoms with Crippen LogP contribution in [0, 0.1) is 0 Å². The summed E-state index contributed by atoms with van der Waals surface area (Å²) in [6.45, 7) is 2.76. The van der Waals surface area contributed by atoms with Gasteiger partial charge >= 0.3 is 5.97 Å². The lowest BCUT2D eigenvalue weighted by Crippen LogP contribution is -2.04. The molecule has 0 saturated heterocycles. The highest BCUT2D eigenvalue weighted by Gasteiger charge is 2.18. The van der Waals surface area contributed by atoms with Crippen LogP contribution in [0.5, 0.6) is 5.88 Å². The number of rotatable bonds is 8. The lowest BCUT2D eigenvalue weighted by Gasteiger charge is -2.07. The number of aryl methyl sites for hydroxylation is 1. The number of aromatic nitrogens is 3. The summed E-state index contributed by atoms with van der Waals surface area (Å²) < 4.78 is 7.39. The number of nitrogens with zero attached hydrogens (tertiary/aromatic N) is 3. The molecule has 0 amide bonds. The average Bonchev–Trinajstić information content (AvgIpc) is 2.93. The zero-order valence-electron chi connectivity index (χ0n) is 14.3. The Morgan fingerprint density at radius 3 is 2.81 bits per heavy atom. The van der Waals surface area contributed by atoms with Gasteiger partial charge < -0.3 is 15.2 Å². The molecule has 0 saturated carbocycles. The summed E-state index contributed by atoms with van der Waals surface area (Å²) in [6, 6.07) is 11.3. The Kier molecular flexibility index (Phi) is 5.58. The second-order valence-electron chi connectivity index (χ2n) is 5.64. The number of pyridine rings is 1. The van der Waals surface area contributed by atoms with Crippen molar-refractivity contribution in [3.63, 3.8) is 0 Å². The topological polar surface area (TPSA) is 89.3 Å². The maximum Gasteiger partial charge on any atom is 0.303 e. The van der Waals surface area contributed by atoms with Crippen LogP contribution < -0.4 is 10.1 Å². The molecule has 0 bridgehead atoms. The van der Waals surface area contributed by atoms with Crippen LogP contribution in [0.15, 0.2) is 36.4 Å². The van der Waals surface area contributed by atoms with Gasteiger partial charge in [-0.15, -0.1) is 0 Å². The molecule has 3 rings (SSSR count). The van der Waals surface area contributed by atoms with Gasteiger partial charge in [-0.1, -0.05) is 29.8 Å². The maximum absolute atomic E-state index is 10.8. The van der Waals surface area contributed by atoms with Gasteiger partial charge in [0.15, 0.2) is 5.82 Å². The van der Waals surface area contributed by atoms with Crippen molar-refractivity contribution in [2.24, 2.45) is 0 Å². The minimum Gasteiger partial charge on any atom is -0.481 e. The van der Waals surface area contributed by atoms with Gasteiger partial charge in [0.1, 0.15) is 10.5 Å². The Bertz CT molecular complexity index is 912. The molecule has 8 heteroatoms. The van der Waals surface area contributed by atoms with Crippen molar-refractivity contribution >= 4 is 40.0 Å². The van der Waals surface area contributed by atoms with Gasteiger partial charge in [-0.25, -0.2) is 4.98 Å². The van der Waals surface area contributed by atoms with Crippen LogP contribution in [0.2, 0.25) is 5.15 Å². The number of benzene rings is 1. The number of fused-ring (bicyclic) bond motifs is 1. The van der Waals surface area contributed by atoms with E-state index in [1.807, 2.05) is 37.3 Å². The van der Waals surface area contributed by atoms with Gasteiger partial charge in [0.05, 0.1) is 12.1 Å². The van der Waals surface area contributed by atoms with Crippen molar-refractivity contribution in [1.29, 1.82) is 0 Å². The SMILES string of the molecule is CCOc1nc(Cl)cc2c1c(Nc1ccccc1)nn2CCCC(=O)O. The van der Waals surface area contributed by atoms with E-state index < -0.39 is 5.97 Å². The van der Waals surface area contributed by atoms with E-state index in [9.17, 15) is 4.79 Å². The Hall–Kier alpha value is -2.80. The van der Waals surface area contributed by atoms with Gasteiger partial charge in [-0.05, 0) is 25.5 Å². The maximum atomic E-state index is 10.8. The molecular weight excluding hydrogens is 356 g/mol. The normalized spacial score (nSPS) is 10.8. The molecule has 0 atom stereocenters. The van der Waals surface area contributed by atoms with E-state index in [0.717, 1.165) is 16.6 Å². The highest BCUT2D eigenvalue weighted by atomic mass is 35.5. The smallest absolute Gasteiger partial charge is 0.303 e. The molecule has 0 fully saturated rings. The summed E-state index contributed by atoms with van der Waals surface area (Å²) in [7, 11) is 0. The first-order valence-corrected chi connectivity index (χ1v) is 8.70. The number of carboxylic acids is 1. The third-order valence-corrected chi connectivity index (χ3v) is 3.94. The molecular formula is C18H19ClN4O3. The van der Waals surface area contributed by atoms with Crippen molar-refractivity contribution in [3.05, 3.63) is 41.6 Å². The van der Waals surface area contributed by atoms with Gasteiger partial charge in [0.25, 0.3) is 0 Å². The molecule has 26 heavy (non-hydrogen) atoms. The van der Waals surface area contributed by atoms with E-state index in [1.54, 1.807) is 10.7 Å². The third kappa shape index (κ3) is 4.05. The van der Waals surface area contributed by atoms with Gasteiger partial charge in [-0.2, -0.15) is 5.10 Å². The largest absolute Gasteiger partial charge is 0.481 e. The van der Waals surface area contributed by atoms with E-state index >= 15 is 0 Å². The highest BCUT2D eigenvalue weighted by molar-refractivity contribution is 6.30. The van der Waals surface area contributed by atoms with E-state index in [0.29, 0.717) is 36.4 Å². The van der Waals surface area contributed by atoms with Crippen LogP contribution >= 0.6 is 11.6 Å². The fourth-order valence-corrected chi connectivity index (χ4v) is 2.85. The fraction of sp³-hybridized carbons (Fsp3) is 0.278. The lowest BCUT2D eigenvalue weighted by molar-refractivity contribution is -0.137. The summed E-state index contributed by atoms with van der Waals surface area (Å²) >= 11 is 6.14. The van der Waals surface area contributed by atoms with Gasteiger partial charge in [0.2, 0.25) is 5.88 Å². The number of carboxylic acid groups (broad SMARTS) is 1. The summed E-state index contributed by atoms with van der Waals surface area (Å²) in [5, 5.41) is 17.8. The standard InChI is InChI=1S/C18H19ClN4O3/c1-2-26-18-16-13(11-14(19)21-18)23(10-6-9-15(24)25)22-17(16)20-12-7-4-3-5-8-12/h3-5,7-8,11H,2,6,9-10H2,1H3,(H,20,22)(H,24,25). The molecule has 0 aliphatic heterocycles. The molecule has 0 unspecified atom stereocenters. The van der Waals surface area contributed by atoms with Crippen LogP contribution in [0.4, 0.5) is 11.5 Å². The van der Waals surface area contributed by atoms with Crippen molar-refractivity contribution in [3.8, 4) is 5.88 Å². The Labute approximate surface area is 155 Å². The Morgan fingerprint density at radius 1 is 1.35 bits per heavy atom. The second-order valence-corrected chi connectivity index (χ2v) is 6.02. The van der Waals surface area contributed by atoms with Crippen molar-refractivity contribution < 1.29 is 14.6 Å². The first kappa shape index (κ1) is 18.0. The van der Waals surface area contributed by atoms with Crippen molar-refractivity contribution in [2.45, 2.75) is 26.3 Å². The number of hydrogen-bond acceptors (Lipinski definition) is 5. The molecule has 0 aliphatic rings. The third-order valence-electron chi connectivity index (χ3n) is 3.75. The predicted octanol–water partition coefficient (Wildman–Crippen LogP) is 4.09. The van der Waals surface area contributed by atoms with Crippen molar-refractivity contribution in [1.82, 2.24) is 14.8 Å². The minimum atomic E-state index is -0.834. The molecule has 3 aromatic rings. The number of aliphatic carboxylic acids is 1.